The van der Waals surface area contributed by atoms with Crippen LogP contribution in [-0.2, 0) is 10.0 Å². The molecule has 2 saturated heterocycles. The van der Waals surface area contributed by atoms with Crippen molar-refractivity contribution in [1.82, 2.24) is 14.4 Å². The average molecular weight is 445 g/mol. The van der Waals surface area contributed by atoms with Crippen molar-refractivity contribution in [3.63, 3.8) is 0 Å². The average Bonchev–Trinajstić information content (AvgIpc) is 3.40. The molecule has 0 spiro atoms. The number of carbonyl (C=O) groups is 2. The molecule has 1 radical (unpaired) electrons. The summed E-state index contributed by atoms with van der Waals surface area (Å²) in [6.07, 6.45) is 3.19. The minimum Gasteiger partial charge on any atom is -0.351 e. The molecule has 4 N–H and O–H groups in total. The summed E-state index contributed by atoms with van der Waals surface area (Å²) >= 11 is 0. The highest BCUT2D eigenvalue weighted by atomic mass is 32.2. The van der Waals surface area contributed by atoms with Gasteiger partial charge in [-0.25, -0.2) is 22.9 Å². The molecule has 4 rings (SSSR count). The Morgan fingerprint density at radius 3 is 2.23 bits per heavy atom. The highest BCUT2D eigenvalue weighted by Crippen LogP contribution is 2.32. The number of hydrogen-bond donors (Lipinski definition) is 2. The number of primary amides is 1. The van der Waals surface area contributed by atoms with Gasteiger partial charge in [0.2, 0.25) is 0 Å². The topological polar surface area (TPSA) is 132 Å². The molecule has 0 bridgehead atoms. The molecule has 1 aromatic heterocycles. The number of likely N-dealkylation sites (tertiary alicyclic amines) is 2. The fourth-order valence-corrected chi connectivity index (χ4v) is 5.34. The SMILES string of the molecule is NC(=O)n1c(C(=O)N2CC3CN(CC[CH]c4ccccc4)C[C@H]3C2)ccc1S(N)(=O)=O. The number of hydrogen-bond acceptors (Lipinski definition) is 5. The van der Waals surface area contributed by atoms with Crippen molar-refractivity contribution in [2.45, 2.75) is 11.4 Å². The first-order valence-electron chi connectivity index (χ1n) is 10.2. The maximum atomic E-state index is 13.0. The molecule has 1 aromatic carbocycles. The summed E-state index contributed by atoms with van der Waals surface area (Å²) in [5.74, 6) is 0.304. The van der Waals surface area contributed by atoms with E-state index in [9.17, 15) is 18.0 Å². The summed E-state index contributed by atoms with van der Waals surface area (Å²) in [6.45, 7) is 3.93. The summed E-state index contributed by atoms with van der Waals surface area (Å²) in [5.41, 5.74) is 6.45. The van der Waals surface area contributed by atoms with Crippen molar-refractivity contribution in [2.75, 3.05) is 32.7 Å². The van der Waals surface area contributed by atoms with Crippen molar-refractivity contribution in [1.29, 1.82) is 0 Å². The Kier molecular flexibility index (Phi) is 5.87. The number of benzene rings is 1. The summed E-state index contributed by atoms with van der Waals surface area (Å²) in [7, 11) is -4.18. The van der Waals surface area contributed by atoms with E-state index in [0.29, 0.717) is 29.5 Å². The van der Waals surface area contributed by atoms with Crippen molar-refractivity contribution in [3.8, 4) is 0 Å². The monoisotopic (exact) mass is 444 g/mol. The van der Waals surface area contributed by atoms with Gasteiger partial charge in [-0.15, -0.1) is 0 Å². The number of aromatic nitrogens is 1. The van der Waals surface area contributed by atoms with Crippen LogP contribution >= 0.6 is 0 Å². The van der Waals surface area contributed by atoms with Crippen LogP contribution in [0.4, 0.5) is 4.79 Å². The van der Waals surface area contributed by atoms with Gasteiger partial charge in [-0.05, 0) is 48.9 Å². The Labute approximate surface area is 181 Å². The van der Waals surface area contributed by atoms with Crippen LogP contribution in [0, 0.1) is 18.3 Å². The van der Waals surface area contributed by atoms with Crippen LogP contribution in [0.3, 0.4) is 0 Å². The first-order chi connectivity index (χ1) is 14.7. The highest BCUT2D eigenvalue weighted by molar-refractivity contribution is 7.89. The fraction of sp³-hybridized carbons (Fsp3) is 0.381. The highest BCUT2D eigenvalue weighted by Gasteiger charge is 2.42. The molecule has 2 fully saturated rings. The molecular formula is C21H26N5O4S. The molecule has 0 aliphatic carbocycles. The van der Waals surface area contributed by atoms with Gasteiger partial charge in [0.1, 0.15) is 5.69 Å². The van der Waals surface area contributed by atoms with Gasteiger partial charge in [-0.1, -0.05) is 30.3 Å². The summed E-state index contributed by atoms with van der Waals surface area (Å²) in [5, 5.41) is 4.66. The number of rotatable bonds is 6. The molecule has 1 unspecified atom stereocenters. The molecule has 2 atom stereocenters. The molecular weight excluding hydrogens is 418 g/mol. The Bertz CT molecular complexity index is 1070. The first-order valence-corrected chi connectivity index (χ1v) is 11.7. The maximum Gasteiger partial charge on any atom is 0.324 e. The van der Waals surface area contributed by atoms with Crippen LogP contribution in [0.2, 0.25) is 0 Å². The smallest absolute Gasteiger partial charge is 0.324 e. The molecule has 0 saturated carbocycles. The van der Waals surface area contributed by atoms with Crippen LogP contribution in [0.5, 0.6) is 0 Å². The second kappa shape index (κ2) is 8.45. The van der Waals surface area contributed by atoms with Crippen LogP contribution in [0.1, 0.15) is 22.5 Å². The number of primary sulfonamides is 1. The number of nitrogens with zero attached hydrogens (tertiary/aromatic N) is 3. The van der Waals surface area contributed by atoms with Gasteiger partial charge < -0.3 is 15.5 Å². The lowest BCUT2D eigenvalue weighted by Crippen LogP contribution is -2.37. The van der Waals surface area contributed by atoms with E-state index < -0.39 is 27.0 Å². The normalized spacial score (nSPS) is 21.4. The van der Waals surface area contributed by atoms with Crippen LogP contribution in [-0.4, -0.2) is 67.4 Å². The van der Waals surface area contributed by atoms with Gasteiger partial charge in [0.15, 0.2) is 5.03 Å². The number of nitrogens with two attached hydrogens (primary N) is 2. The Morgan fingerprint density at radius 2 is 1.65 bits per heavy atom. The predicted octanol–water partition coefficient (Wildman–Crippen LogP) is 0.709. The summed E-state index contributed by atoms with van der Waals surface area (Å²) in [6, 6.07) is 11.6. The quantitative estimate of drug-likeness (QED) is 0.677. The number of amides is 2. The molecule has 2 aromatic rings. The van der Waals surface area contributed by atoms with Crippen LogP contribution < -0.4 is 10.9 Å². The third-order valence-electron chi connectivity index (χ3n) is 6.05. The van der Waals surface area contributed by atoms with E-state index >= 15 is 0 Å². The van der Waals surface area contributed by atoms with E-state index in [1.165, 1.54) is 11.6 Å². The Hall–Kier alpha value is -2.69. The van der Waals surface area contributed by atoms with Crippen LogP contribution in [0.25, 0.3) is 0 Å². The fourth-order valence-electron chi connectivity index (χ4n) is 4.64. The number of fused-ring (bicyclic) bond motifs is 1. The Morgan fingerprint density at radius 1 is 1.00 bits per heavy atom. The minimum absolute atomic E-state index is 0.0779. The van der Waals surface area contributed by atoms with Gasteiger partial charge in [0.05, 0.1) is 0 Å². The minimum atomic E-state index is -4.18. The first kappa shape index (κ1) is 21.5. The van der Waals surface area contributed by atoms with E-state index in [1.54, 1.807) is 4.90 Å². The molecule has 3 heterocycles. The lowest BCUT2D eigenvalue weighted by atomic mass is 10.0. The van der Waals surface area contributed by atoms with E-state index in [4.69, 9.17) is 10.9 Å². The standard InChI is InChI=1S/C21H26N5O4S/c22-21(28)26-18(8-9-19(26)31(23,29)30)20(27)25-13-16-11-24(12-17(16)14-25)10-4-7-15-5-2-1-3-6-15/h1-3,5-9,16-17H,4,10-14H2,(H2,22,28)(H2,23,29,30)/t16-,17?/m0/s1. The molecule has 9 nitrogen and oxygen atoms in total. The van der Waals surface area contributed by atoms with Gasteiger partial charge in [-0.2, -0.15) is 0 Å². The molecule has 165 valence electrons. The lowest BCUT2D eigenvalue weighted by molar-refractivity contribution is 0.0764. The Balaban J connectivity index is 1.35. The number of sulfonamides is 1. The van der Waals surface area contributed by atoms with E-state index in [-0.39, 0.29) is 5.69 Å². The zero-order chi connectivity index (χ0) is 22.2. The molecule has 2 aliphatic rings. The summed E-state index contributed by atoms with van der Waals surface area (Å²) in [4.78, 5) is 28.9. The van der Waals surface area contributed by atoms with Gasteiger partial charge in [0.25, 0.3) is 15.9 Å². The summed E-state index contributed by atoms with van der Waals surface area (Å²) < 4.78 is 24.1. The maximum absolute atomic E-state index is 13.0. The van der Waals surface area contributed by atoms with E-state index in [0.717, 1.165) is 32.1 Å². The third kappa shape index (κ3) is 4.51. The zero-order valence-corrected chi connectivity index (χ0v) is 17.9. The van der Waals surface area contributed by atoms with Gasteiger partial charge >= 0.3 is 6.03 Å². The number of carbonyl (C=O) groups excluding carboxylic acids is 2. The van der Waals surface area contributed by atoms with Crippen molar-refractivity contribution < 1.29 is 18.0 Å². The molecule has 31 heavy (non-hydrogen) atoms. The van der Waals surface area contributed by atoms with Crippen molar-refractivity contribution in [3.05, 3.63) is 60.1 Å². The van der Waals surface area contributed by atoms with E-state index in [2.05, 4.69) is 23.5 Å². The molecule has 10 heteroatoms. The second-order valence-corrected chi connectivity index (χ2v) is 9.68. The largest absolute Gasteiger partial charge is 0.351 e. The van der Waals surface area contributed by atoms with Crippen molar-refractivity contribution >= 4 is 22.0 Å². The van der Waals surface area contributed by atoms with Gasteiger partial charge in [-0.3, -0.25) is 4.79 Å². The molecule has 2 amide bonds. The van der Waals surface area contributed by atoms with E-state index in [1.807, 2.05) is 18.2 Å². The second-order valence-electron chi connectivity index (χ2n) is 8.17. The van der Waals surface area contributed by atoms with Gasteiger partial charge in [0, 0.05) is 26.2 Å². The lowest BCUT2D eigenvalue weighted by Gasteiger charge is -2.22. The third-order valence-corrected chi connectivity index (χ3v) is 6.95. The van der Waals surface area contributed by atoms with Crippen LogP contribution in [0.15, 0.2) is 47.5 Å². The van der Waals surface area contributed by atoms with Crippen molar-refractivity contribution in [2.24, 2.45) is 22.7 Å². The zero-order valence-electron chi connectivity index (χ0n) is 17.1. The molecule has 2 aliphatic heterocycles. The predicted molar refractivity (Wildman–Crippen MR) is 115 cm³/mol.